The number of benzene rings is 2. The Morgan fingerprint density at radius 2 is 1.82 bits per heavy atom. The van der Waals surface area contributed by atoms with E-state index in [9.17, 15) is 27.3 Å². The molecule has 0 bridgehead atoms. The maximum Gasteiger partial charge on any atom is 0.393 e. The fourth-order valence-corrected chi connectivity index (χ4v) is 6.08. The van der Waals surface area contributed by atoms with E-state index in [1.54, 1.807) is 25.2 Å². The zero-order valence-electron chi connectivity index (χ0n) is 28.1. The van der Waals surface area contributed by atoms with Gasteiger partial charge in [-0.2, -0.15) is 18.3 Å². The van der Waals surface area contributed by atoms with Gasteiger partial charge in [-0.1, -0.05) is 19.6 Å². The van der Waals surface area contributed by atoms with Crippen molar-refractivity contribution in [2.24, 2.45) is 0 Å². The average Bonchev–Trinajstić information content (AvgIpc) is 3.39. The third kappa shape index (κ3) is 9.24. The van der Waals surface area contributed by atoms with Crippen molar-refractivity contribution < 1.29 is 45.9 Å². The van der Waals surface area contributed by atoms with E-state index in [2.05, 4.69) is 40.0 Å². The molecule has 0 saturated carbocycles. The number of methoxy groups -OCH3 is 2. The molecule has 2 aromatic carbocycles. The van der Waals surface area contributed by atoms with Gasteiger partial charge >= 0.3 is 12.1 Å². The molecule has 2 heterocycles. The quantitative estimate of drug-likeness (QED) is 0.0838. The van der Waals surface area contributed by atoms with Crippen LogP contribution in [0.3, 0.4) is 0 Å². The molecule has 0 aliphatic carbocycles. The minimum Gasteiger partial charge on any atom is -0.497 e. The molecule has 2 aromatic heterocycles. The first-order valence-electron chi connectivity index (χ1n) is 14.9. The summed E-state index contributed by atoms with van der Waals surface area (Å²) in [6.07, 6.45) is -4.64. The van der Waals surface area contributed by atoms with E-state index in [0.29, 0.717) is 23.6 Å². The second kappa shape index (κ2) is 15.1. The molecule has 18 heteroatoms. The molecule has 0 amide bonds. The molecule has 0 spiro atoms. The largest absolute Gasteiger partial charge is 0.497 e. The number of carboxylic acids is 1. The van der Waals surface area contributed by atoms with Gasteiger partial charge in [-0.3, -0.25) is 4.31 Å². The molecule has 1 atom stereocenters. The fourth-order valence-electron chi connectivity index (χ4n) is 4.87. The minimum absolute atomic E-state index is 0.0387. The molecule has 49 heavy (non-hydrogen) atoms. The first kappa shape index (κ1) is 37.5. The lowest BCUT2D eigenvalue weighted by Gasteiger charge is -2.21. The number of halogens is 4. The zero-order valence-corrected chi connectivity index (χ0v) is 29.9. The average molecular weight is 727 g/mol. The lowest BCUT2D eigenvalue weighted by Crippen LogP contribution is -2.22. The Balaban J connectivity index is 1.94. The van der Waals surface area contributed by atoms with Crippen LogP contribution >= 0.6 is 0 Å². The van der Waals surface area contributed by atoms with E-state index < -0.39 is 54.9 Å². The third-order valence-corrected chi connectivity index (χ3v) is 10.1. The number of aromatic carboxylic acids is 1. The van der Waals surface area contributed by atoms with Crippen molar-refractivity contribution >= 4 is 47.6 Å². The molecule has 4 aromatic rings. The number of aromatic nitrogens is 4. The van der Waals surface area contributed by atoms with Crippen LogP contribution in [0.5, 0.6) is 11.5 Å². The van der Waals surface area contributed by atoms with Gasteiger partial charge in [0.15, 0.2) is 28.7 Å². The van der Waals surface area contributed by atoms with Gasteiger partial charge < -0.3 is 24.6 Å². The van der Waals surface area contributed by atoms with E-state index in [4.69, 9.17) is 14.2 Å². The summed E-state index contributed by atoms with van der Waals surface area (Å²) in [6.45, 7) is 6.58. The van der Waals surface area contributed by atoms with Gasteiger partial charge in [-0.15, -0.1) is 0 Å². The highest BCUT2D eigenvalue weighted by molar-refractivity contribution is 7.85. The van der Waals surface area contributed by atoms with Gasteiger partial charge in [-0.25, -0.2) is 28.0 Å². The third-order valence-electron chi connectivity index (χ3n) is 7.47. The van der Waals surface area contributed by atoms with E-state index in [-0.39, 0.29) is 47.1 Å². The number of fused-ring (bicyclic) bond motifs is 1. The van der Waals surface area contributed by atoms with Gasteiger partial charge in [0.1, 0.15) is 29.3 Å². The highest BCUT2D eigenvalue weighted by atomic mass is 32.2. The predicted molar refractivity (Wildman–Crippen MR) is 181 cm³/mol. The zero-order chi connectivity index (χ0) is 36.3. The standard InChI is InChI=1S/C31H38F4N6O6SSi/c1-40(48(4)44)23-9-8-20(45-2)12-19(23)16-36-28-25-26(30(42)43)39-41(17-47-10-11-49(5,6)7)29(25)38-27(37-28)21-14-22(32)24(46-3)13-18(21)15-31(33,34)35/h8-9,12-14H,10-11,15-17H2,1-7H3,(H,42,43)(H,36,37,38). The molecule has 2 N–H and O–H groups in total. The van der Waals surface area contributed by atoms with Crippen molar-refractivity contribution in [3.05, 3.63) is 53.0 Å². The molecule has 4 rings (SSSR count). The van der Waals surface area contributed by atoms with Crippen LogP contribution in [0.1, 0.15) is 21.6 Å². The number of nitrogens with zero attached hydrogens (tertiary/aromatic N) is 5. The highest BCUT2D eigenvalue weighted by Crippen LogP contribution is 2.36. The molecule has 0 aliphatic rings. The molecule has 0 aliphatic heterocycles. The monoisotopic (exact) mass is 726 g/mol. The van der Waals surface area contributed by atoms with Crippen molar-refractivity contribution in [1.29, 1.82) is 0 Å². The Kier molecular flexibility index (Phi) is 11.5. The number of alkyl halides is 3. The second-order valence-electron chi connectivity index (χ2n) is 12.3. The summed E-state index contributed by atoms with van der Waals surface area (Å²) in [5.41, 5.74) is -0.0364. The summed E-state index contributed by atoms with van der Waals surface area (Å²) in [6, 6.07) is 7.63. The number of carboxylic acid groups (broad SMARTS) is 1. The van der Waals surface area contributed by atoms with Crippen LogP contribution in [-0.2, 0) is 35.4 Å². The second-order valence-corrected chi connectivity index (χ2v) is 19.3. The summed E-state index contributed by atoms with van der Waals surface area (Å²) in [7, 11) is 1.33. The van der Waals surface area contributed by atoms with Crippen LogP contribution in [-0.4, -0.2) is 83.4 Å². The highest BCUT2D eigenvalue weighted by Gasteiger charge is 2.32. The maximum absolute atomic E-state index is 15.0. The van der Waals surface area contributed by atoms with E-state index in [1.165, 1.54) is 22.4 Å². The number of ether oxygens (including phenoxy) is 3. The summed E-state index contributed by atoms with van der Waals surface area (Å²) in [5.74, 6) is -2.72. The number of hydrogen-bond acceptors (Lipinski definition) is 9. The molecule has 0 saturated heterocycles. The predicted octanol–water partition coefficient (Wildman–Crippen LogP) is 6.11. The summed E-state index contributed by atoms with van der Waals surface area (Å²) >= 11 is 0. The Hall–Kier alpha value is -4.29. The van der Waals surface area contributed by atoms with Crippen LogP contribution in [0.4, 0.5) is 29.1 Å². The van der Waals surface area contributed by atoms with Crippen molar-refractivity contribution in [2.45, 2.75) is 51.6 Å². The first-order valence-corrected chi connectivity index (χ1v) is 20.2. The molecule has 12 nitrogen and oxygen atoms in total. The molecular weight excluding hydrogens is 689 g/mol. The Morgan fingerprint density at radius 1 is 1.10 bits per heavy atom. The summed E-state index contributed by atoms with van der Waals surface area (Å²) < 4.78 is 87.4. The molecule has 0 fully saturated rings. The first-order chi connectivity index (χ1) is 22.9. The summed E-state index contributed by atoms with van der Waals surface area (Å²) in [5, 5.41) is 17.4. The van der Waals surface area contributed by atoms with Crippen molar-refractivity contribution in [1.82, 2.24) is 19.7 Å². The van der Waals surface area contributed by atoms with Crippen LogP contribution < -0.4 is 19.1 Å². The van der Waals surface area contributed by atoms with Crippen LogP contribution in [0, 0.1) is 5.82 Å². The number of carbonyl (C=O) groups is 1. The van der Waals surface area contributed by atoms with Gasteiger partial charge in [0, 0.05) is 40.1 Å². The smallest absolute Gasteiger partial charge is 0.393 e. The van der Waals surface area contributed by atoms with E-state index in [0.717, 1.165) is 25.3 Å². The van der Waals surface area contributed by atoms with E-state index in [1.807, 2.05) is 0 Å². The summed E-state index contributed by atoms with van der Waals surface area (Å²) in [4.78, 5) is 21.4. The van der Waals surface area contributed by atoms with Gasteiger partial charge in [-0.05, 0) is 47.5 Å². The van der Waals surface area contributed by atoms with Gasteiger partial charge in [0.05, 0.1) is 31.7 Å². The number of nitrogens with one attached hydrogen (secondary N) is 1. The SMILES string of the molecule is COc1ccc(N(C)S(C)=O)c(CNc2nc(-c3cc(F)c(OC)cc3CC(F)(F)F)nc3c2c(C(=O)O)nn3COCC[Si](C)(C)C)c1. The Bertz CT molecular complexity index is 1870. The van der Waals surface area contributed by atoms with Gasteiger partial charge in [0.2, 0.25) is 0 Å². The van der Waals surface area contributed by atoms with Crippen molar-refractivity contribution in [3.63, 3.8) is 0 Å². The Labute approximate surface area is 284 Å². The lowest BCUT2D eigenvalue weighted by atomic mass is 10.0. The normalized spacial score (nSPS) is 12.6. The molecule has 0 radical (unpaired) electrons. The van der Waals surface area contributed by atoms with Crippen molar-refractivity contribution in [3.8, 4) is 22.9 Å². The van der Waals surface area contributed by atoms with Crippen LogP contribution in [0.25, 0.3) is 22.4 Å². The number of anilines is 2. The van der Waals surface area contributed by atoms with Crippen molar-refractivity contribution in [2.75, 3.05) is 43.8 Å². The minimum atomic E-state index is -4.68. The van der Waals surface area contributed by atoms with Crippen LogP contribution in [0.2, 0.25) is 25.7 Å². The lowest BCUT2D eigenvalue weighted by molar-refractivity contribution is -0.127. The topological polar surface area (TPSA) is 141 Å². The number of hydrogen-bond donors (Lipinski definition) is 2. The molecular formula is C31H38F4N6O6SSi. The molecule has 1 unspecified atom stereocenters. The molecule has 266 valence electrons. The fraction of sp³-hybridized carbons (Fsp3) is 0.419. The van der Waals surface area contributed by atoms with E-state index >= 15 is 4.39 Å². The maximum atomic E-state index is 15.0. The van der Waals surface area contributed by atoms with Gasteiger partial charge in [0.25, 0.3) is 0 Å². The number of rotatable bonds is 15. The Morgan fingerprint density at radius 3 is 2.41 bits per heavy atom. The van der Waals surface area contributed by atoms with Crippen LogP contribution in [0.15, 0.2) is 30.3 Å².